The minimum atomic E-state index is -1.01. The van der Waals surface area contributed by atoms with E-state index < -0.39 is 11.9 Å². The van der Waals surface area contributed by atoms with E-state index >= 15 is 0 Å². The molecule has 0 aliphatic carbocycles. The van der Waals surface area contributed by atoms with Gasteiger partial charge >= 0.3 is 11.9 Å². The molecule has 0 saturated carbocycles. The minimum Gasteiger partial charge on any atom is -0.478 e. The zero-order valence-corrected chi connectivity index (χ0v) is 8.68. The third kappa shape index (κ3) is 1.77. The summed E-state index contributed by atoms with van der Waals surface area (Å²) in [7, 11) is 1.28. The van der Waals surface area contributed by atoms with Crippen molar-refractivity contribution < 1.29 is 19.4 Å². The fraction of sp³-hybridized carbons (Fsp3) is 0.333. The number of hydrogen-bond acceptors (Lipinski definition) is 4. The maximum absolute atomic E-state index is 11.2. The van der Waals surface area contributed by atoms with Gasteiger partial charge in [0.05, 0.1) is 12.7 Å². The molecule has 0 amide bonds. The Morgan fingerprint density at radius 1 is 1.57 bits per heavy atom. The lowest BCUT2D eigenvalue weighted by Crippen LogP contribution is -2.05. The van der Waals surface area contributed by atoms with E-state index in [0.29, 0.717) is 16.9 Å². The lowest BCUT2D eigenvalue weighted by atomic mass is 10.1. The van der Waals surface area contributed by atoms with Crippen LogP contribution in [0.2, 0.25) is 0 Å². The van der Waals surface area contributed by atoms with Crippen LogP contribution in [0.5, 0.6) is 0 Å². The molecule has 14 heavy (non-hydrogen) atoms. The van der Waals surface area contributed by atoms with E-state index in [0.717, 1.165) is 11.3 Å². The summed E-state index contributed by atoms with van der Waals surface area (Å²) < 4.78 is 4.55. The predicted octanol–water partition coefficient (Wildman–Crippen LogP) is 1.80. The normalized spacial score (nSPS) is 9.86. The summed E-state index contributed by atoms with van der Waals surface area (Å²) in [6.45, 7) is 1.81. The Hall–Kier alpha value is -1.36. The van der Waals surface area contributed by atoms with Gasteiger partial charge in [0.15, 0.2) is 0 Å². The fourth-order valence-corrected chi connectivity index (χ4v) is 2.23. The molecule has 0 saturated heterocycles. The Kier molecular flexibility index (Phi) is 3.24. The van der Waals surface area contributed by atoms with Crippen LogP contribution in [-0.2, 0) is 11.2 Å². The first-order valence-electron chi connectivity index (χ1n) is 4.03. The van der Waals surface area contributed by atoms with Crippen molar-refractivity contribution in [2.45, 2.75) is 13.3 Å². The van der Waals surface area contributed by atoms with E-state index in [2.05, 4.69) is 4.74 Å². The van der Waals surface area contributed by atoms with Gasteiger partial charge in [-0.05, 0) is 12.0 Å². The highest BCUT2D eigenvalue weighted by molar-refractivity contribution is 7.12. The second-order valence-electron chi connectivity index (χ2n) is 2.61. The summed E-state index contributed by atoms with van der Waals surface area (Å²) in [5.41, 5.74) is 0.743. The van der Waals surface area contributed by atoms with Crippen molar-refractivity contribution in [3.63, 3.8) is 0 Å². The molecule has 0 unspecified atom stereocenters. The molecule has 0 aliphatic heterocycles. The number of aromatic carboxylic acids is 1. The molecule has 0 radical (unpaired) electrons. The number of carbonyl (C=O) groups excluding carboxylic acids is 1. The molecule has 0 atom stereocenters. The summed E-state index contributed by atoms with van der Waals surface area (Å²) in [5, 5.41) is 10.3. The first-order chi connectivity index (χ1) is 6.61. The first kappa shape index (κ1) is 10.7. The molecule has 0 aliphatic rings. The standard InChI is InChI=1S/C9H10O4S/c1-3-5-6(8(10)11)4-14-7(5)9(12)13-2/h4H,3H2,1-2H3,(H,10,11). The van der Waals surface area contributed by atoms with Crippen LogP contribution in [-0.4, -0.2) is 24.2 Å². The van der Waals surface area contributed by atoms with Crippen LogP contribution in [0.4, 0.5) is 0 Å². The van der Waals surface area contributed by atoms with Crippen LogP contribution < -0.4 is 0 Å². The van der Waals surface area contributed by atoms with Crippen LogP contribution in [0.25, 0.3) is 0 Å². The third-order valence-electron chi connectivity index (χ3n) is 1.85. The Morgan fingerprint density at radius 3 is 2.64 bits per heavy atom. The third-order valence-corrected chi connectivity index (χ3v) is 2.85. The quantitative estimate of drug-likeness (QED) is 0.779. The first-order valence-corrected chi connectivity index (χ1v) is 4.91. The number of carboxylic acids is 1. The molecule has 0 spiro atoms. The fourth-order valence-electron chi connectivity index (χ4n) is 1.18. The van der Waals surface area contributed by atoms with Crippen LogP contribution in [0.1, 0.15) is 32.5 Å². The number of thiophene rings is 1. The lowest BCUT2D eigenvalue weighted by Gasteiger charge is -2.00. The van der Waals surface area contributed by atoms with Gasteiger partial charge in [-0.1, -0.05) is 6.92 Å². The van der Waals surface area contributed by atoms with Gasteiger partial charge in [-0.3, -0.25) is 0 Å². The molecule has 4 nitrogen and oxygen atoms in total. The summed E-state index contributed by atoms with van der Waals surface area (Å²) in [5.74, 6) is -1.48. The van der Waals surface area contributed by atoms with Gasteiger partial charge in [0.2, 0.25) is 0 Å². The van der Waals surface area contributed by atoms with E-state index in [1.54, 1.807) is 6.92 Å². The highest BCUT2D eigenvalue weighted by Crippen LogP contribution is 2.24. The molecule has 0 bridgehead atoms. The molecular formula is C9H10O4S. The van der Waals surface area contributed by atoms with Crippen molar-refractivity contribution in [1.82, 2.24) is 0 Å². The summed E-state index contributed by atoms with van der Waals surface area (Å²) >= 11 is 1.11. The molecule has 1 aromatic heterocycles. The number of ether oxygens (including phenoxy) is 1. The molecule has 5 heteroatoms. The molecule has 1 N–H and O–H groups in total. The molecule has 1 aromatic rings. The zero-order valence-electron chi connectivity index (χ0n) is 7.86. The van der Waals surface area contributed by atoms with E-state index in [-0.39, 0.29) is 5.56 Å². The second-order valence-corrected chi connectivity index (χ2v) is 3.49. The van der Waals surface area contributed by atoms with E-state index in [4.69, 9.17) is 5.11 Å². The van der Waals surface area contributed by atoms with Crippen molar-refractivity contribution in [2.24, 2.45) is 0 Å². The van der Waals surface area contributed by atoms with Crippen LogP contribution >= 0.6 is 11.3 Å². The Labute approximate surface area is 85.1 Å². The zero-order chi connectivity index (χ0) is 10.7. The van der Waals surface area contributed by atoms with E-state index in [1.165, 1.54) is 12.5 Å². The van der Waals surface area contributed by atoms with Crippen LogP contribution in [0.15, 0.2) is 5.38 Å². The van der Waals surface area contributed by atoms with Gasteiger partial charge in [-0.25, -0.2) is 9.59 Å². The average molecular weight is 214 g/mol. The lowest BCUT2D eigenvalue weighted by molar-refractivity contribution is 0.0605. The highest BCUT2D eigenvalue weighted by atomic mass is 32.1. The van der Waals surface area contributed by atoms with Crippen molar-refractivity contribution in [1.29, 1.82) is 0 Å². The number of hydrogen-bond donors (Lipinski definition) is 1. The van der Waals surface area contributed by atoms with E-state index in [1.807, 2.05) is 0 Å². The molecule has 0 aromatic carbocycles. The predicted molar refractivity (Wildman–Crippen MR) is 52.0 cm³/mol. The molecule has 76 valence electrons. The summed E-state index contributed by atoms with van der Waals surface area (Å²) in [4.78, 5) is 22.4. The molecule has 1 rings (SSSR count). The van der Waals surface area contributed by atoms with Crippen LogP contribution in [0, 0.1) is 0 Å². The molecular weight excluding hydrogens is 204 g/mol. The average Bonchev–Trinajstić information content (AvgIpc) is 2.59. The topological polar surface area (TPSA) is 63.6 Å². The van der Waals surface area contributed by atoms with Crippen molar-refractivity contribution in [3.05, 3.63) is 21.4 Å². The second kappa shape index (κ2) is 4.23. The van der Waals surface area contributed by atoms with Crippen molar-refractivity contribution in [3.8, 4) is 0 Å². The van der Waals surface area contributed by atoms with Crippen molar-refractivity contribution in [2.75, 3.05) is 7.11 Å². The van der Waals surface area contributed by atoms with Gasteiger partial charge in [-0.15, -0.1) is 11.3 Å². The van der Waals surface area contributed by atoms with E-state index in [9.17, 15) is 9.59 Å². The van der Waals surface area contributed by atoms with Gasteiger partial charge in [0.1, 0.15) is 4.88 Å². The maximum atomic E-state index is 11.2. The monoisotopic (exact) mass is 214 g/mol. The van der Waals surface area contributed by atoms with Gasteiger partial charge in [0.25, 0.3) is 0 Å². The smallest absolute Gasteiger partial charge is 0.348 e. The van der Waals surface area contributed by atoms with Crippen molar-refractivity contribution >= 4 is 23.3 Å². The molecule has 1 heterocycles. The minimum absolute atomic E-state index is 0.193. The Balaban J connectivity index is 3.20. The summed E-state index contributed by atoms with van der Waals surface area (Å²) in [6, 6.07) is 0. The van der Waals surface area contributed by atoms with Crippen LogP contribution in [0.3, 0.4) is 0 Å². The maximum Gasteiger partial charge on any atom is 0.348 e. The molecule has 0 fully saturated rings. The number of carbonyl (C=O) groups is 2. The SMILES string of the molecule is CCc1c(C(=O)O)csc1C(=O)OC. The number of esters is 1. The highest BCUT2D eigenvalue weighted by Gasteiger charge is 2.20. The van der Waals surface area contributed by atoms with Gasteiger partial charge in [0, 0.05) is 5.38 Å². The number of methoxy groups -OCH3 is 1. The number of rotatable bonds is 3. The van der Waals surface area contributed by atoms with Gasteiger partial charge < -0.3 is 9.84 Å². The van der Waals surface area contributed by atoms with Gasteiger partial charge in [-0.2, -0.15) is 0 Å². The Bertz CT molecular complexity index is 367. The number of carboxylic acid groups (broad SMARTS) is 1. The summed E-state index contributed by atoms with van der Waals surface area (Å²) in [6.07, 6.45) is 0.509. The Morgan fingerprint density at radius 2 is 2.21 bits per heavy atom. The largest absolute Gasteiger partial charge is 0.478 e.